The highest BCUT2D eigenvalue weighted by atomic mass is 32.2. The van der Waals surface area contributed by atoms with Gasteiger partial charge >= 0.3 is 0 Å². The number of carbonyl (C=O) groups excluding carboxylic acids is 1. The van der Waals surface area contributed by atoms with Crippen molar-refractivity contribution in [1.29, 1.82) is 0 Å². The second-order valence-corrected chi connectivity index (χ2v) is 6.70. The molecule has 1 aromatic heterocycles. The molecule has 1 aliphatic heterocycles. The Morgan fingerprint density at radius 3 is 2.95 bits per heavy atom. The Hall–Kier alpha value is -1.41. The van der Waals surface area contributed by atoms with E-state index in [-0.39, 0.29) is 18.4 Å². The number of likely N-dealkylation sites (tertiary alicyclic amines) is 1. The number of imidazole rings is 1. The number of aromatic amines is 1. The fraction of sp³-hybridized carbons (Fsp3) is 0.636. The number of aromatic nitrogens is 2. The number of amides is 1. The minimum atomic E-state index is -3.33. The third kappa shape index (κ3) is 3.77. The van der Waals surface area contributed by atoms with Crippen molar-refractivity contribution in [2.24, 2.45) is 0 Å². The van der Waals surface area contributed by atoms with Crippen LogP contribution in [0.25, 0.3) is 0 Å². The molecule has 1 fully saturated rings. The van der Waals surface area contributed by atoms with Crippen molar-refractivity contribution in [1.82, 2.24) is 19.6 Å². The van der Waals surface area contributed by atoms with E-state index in [0.717, 1.165) is 24.2 Å². The number of hydrogen-bond acceptors (Lipinski definition) is 4. The van der Waals surface area contributed by atoms with E-state index in [1.807, 2.05) is 6.92 Å². The van der Waals surface area contributed by atoms with Gasteiger partial charge in [-0.15, -0.1) is 0 Å². The topological polar surface area (TPSA) is 95.2 Å². The van der Waals surface area contributed by atoms with Crippen LogP contribution >= 0.6 is 0 Å². The number of sulfonamides is 1. The SMILES string of the molecule is Cc1cnc(C2CCN(C(=O)CNS(C)(=O)=O)C2)[nH]1. The van der Waals surface area contributed by atoms with Crippen molar-refractivity contribution in [2.45, 2.75) is 19.3 Å². The number of nitrogens with one attached hydrogen (secondary N) is 2. The number of rotatable bonds is 4. The monoisotopic (exact) mass is 286 g/mol. The van der Waals surface area contributed by atoms with Crippen LogP contribution < -0.4 is 4.72 Å². The minimum Gasteiger partial charge on any atom is -0.346 e. The van der Waals surface area contributed by atoms with Crippen LogP contribution in [0.15, 0.2) is 6.20 Å². The zero-order chi connectivity index (χ0) is 14.0. The molecular formula is C11H18N4O3S. The largest absolute Gasteiger partial charge is 0.346 e. The van der Waals surface area contributed by atoms with Crippen LogP contribution in [0.3, 0.4) is 0 Å². The third-order valence-electron chi connectivity index (χ3n) is 3.14. The lowest BCUT2D eigenvalue weighted by Crippen LogP contribution is -2.38. The second-order valence-electron chi connectivity index (χ2n) is 4.87. The van der Waals surface area contributed by atoms with Crippen LogP contribution in [-0.4, -0.2) is 55.1 Å². The normalized spacial score (nSPS) is 19.9. The Labute approximate surface area is 112 Å². The minimum absolute atomic E-state index is 0.178. The van der Waals surface area contributed by atoms with Crippen molar-refractivity contribution >= 4 is 15.9 Å². The summed E-state index contributed by atoms with van der Waals surface area (Å²) in [5.74, 6) is 0.899. The average molecular weight is 286 g/mol. The van der Waals surface area contributed by atoms with Crippen LogP contribution in [0.1, 0.15) is 23.9 Å². The summed E-state index contributed by atoms with van der Waals surface area (Å²) in [5.41, 5.74) is 0.999. The Kier molecular flexibility index (Phi) is 3.91. The maximum atomic E-state index is 11.8. The first kappa shape index (κ1) is 14.0. The quantitative estimate of drug-likeness (QED) is 0.786. The standard InChI is InChI=1S/C11H18N4O3S/c1-8-5-12-11(14-8)9-3-4-15(7-9)10(16)6-13-19(2,17)18/h5,9,13H,3-4,6-7H2,1-2H3,(H,12,14). The highest BCUT2D eigenvalue weighted by Gasteiger charge is 2.28. The summed E-state index contributed by atoms with van der Waals surface area (Å²) in [6, 6.07) is 0. The van der Waals surface area contributed by atoms with Gasteiger partial charge in [-0.2, -0.15) is 0 Å². The molecule has 1 aliphatic rings. The maximum absolute atomic E-state index is 11.8. The summed E-state index contributed by atoms with van der Waals surface area (Å²) in [7, 11) is -3.33. The lowest BCUT2D eigenvalue weighted by Gasteiger charge is -2.16. The van der Waals surface area contributed by atoms with E-state index in [2.05, 4.69) is 14.7 Å². The molecule has 0 saturated carbocycles. The van der Waals surface area contributed by atoms with E-state index in [4.69, 9.17) is 0 Å². The van der Waals surface area contributed by atoms with Crippen molar-refractivity contribution in [3.8, 4) is 0 Å². The Morgan fingerprint density at radius 1 is 1.63 bits per heavy atom. The molecule has 106 valence electrons. The molecule has 0 aromatic carbocycles. The molecule has 2 rings (SSSR count). The van der Waals surface area contributed by atoms with Crippen molar-refractivity contribution in [3.63, 3.8) is 0 Å². The zero-order valence-electron chi connectivity index (χ0n) is 11.0. The van der Waals surface area contributed by atoms with Gasteiger partial charge in [-0.1, -0.05) is 0 Å². The first-order valence-electron chi connectivity index (χ1n) is 6.09. The van der Waals surface area contributed by atoms with Gasteiger partial charge in [-0.05, 0) is 13.3 Å². The average Bonchev–Trinajstić information content (AvgIpc) is 2.93. The summed E-state index contributed by atoms with van der Waals surface area (Å²) in [6.07, 6.45) is 3.65. The molecule has 19 heavy (non-hydrogen) atoms. The maximum Gasteiger partial charge on any atom is 0.237 e. The fourth-order valence-corrected chi connectivity index (χ4v) is 2.54. The summed E-state index contributed by atoms with van der Waals surface area (Å²) >= 11 is 0. The number of nitrogens with zero attached hydrogens (tertiary/aromatic N) is 2. The van der Waals surface area contributed by atoms with Gasteiger partial charge in [-0.3, -0.25) is 4.79 Å². The van der Waals surface area contributed by atoms with Gasteiger partial charge in [0, 0.05) is 30.9 Å². The molecule has 1 aromatic rings. The third-order valence-corrected chi connectivity index (χ3v) is 3.80. The van der Waals surface area contributed by atoms with Gasteiger partial charge in [0.05, 0.1) is 12.8 Å². The predicted molar refractivity (Wildman–Crippen MR) is 70.1 cm³/mol. The molecule has 1 amide bonds. The lowest BCUT2D eigenvalue weighted by atomic mass is 10.1. The van der Waals surface area contributed by atoms with E-state index in [1.54, 1.807) is 11.1 Å². The van der Waals surface area contributed by atoms with Crippen molar-refractivity contribution in [2.75, 3.05) is 25.9 Å². The Balaban J connectivity index is 1.89. The molecule has 0 aliphatic carbocycles. The highest BCUT2D eigenvalue weighted by molar-refractivity contribution is 7.88. The summed E-state index contributed by atoms with van der Waals surface area (Å²) in [5, 5.41) is 0. The fourth-order valence-electron chi connectivity index (χ4n) is 2.16. The van der Waals surface area contributed by atoms with E-state index < -0.39 is 10.0 Å². The van der Waals surface area contributed by atoms with Crippen LogP contribution in [-0.2, 0) is 14.8 Å². The molecule has 1 saturated heterocycles. The van der Waals surface area contributed by atoms with E-state index in [0.29, 0.717) is 13.1 Å². The number of carbonyl (C=O) groups is 1. The molecule has 1 atom stereocenters. The van der Waals surface area contributed by atoms with Gasteiger partial charge in [0.1, 0.15) is 5.82 Å². The molecule has 0 bridgehead atoms. The van der Waals surface area contributed by atoms with Gasteiger partial charge in [0.2, 0.25) is 15.9 Å². The van der Waals surface area contributed by atoms with Gasteiger partial charge in [-0.25, -0.2) is 18.1 Å². The summed E-state index contributed by atoms with van der Waals surface area (Å²) < 4.78 is 24.1. The first-order chi connectivity index (χ1) is 8.85. The van der Waals surface area contributed by atoms with Gasteiger partial charge in [0.15, 0.2) is 0 Å². The molecule has 2 N–H and O–H groups in total. The number of aryl methyl sites for hydroxylation is 1. The molecule has 1 unspecified atom stereocenters. The lowest BCUT2D eigenvalue weighted by molar-refractivity contribution is -0.128. The first-order valence-corrected chi connectivity index (χ1v) is 7.98. The zero-order valence-corrected chi connectivity index (χ0v) is 11.8. The van der Waals surface area contributed by atoms with Crippen molar-refractivity contribution in [3.05, 3.63) is 17.7 Å². The van der Waals surface area contributed by atoms with Crippen LogP contribution in [0, 0.1) is 6.92 Å². The molecule has 2 heterocycles. The van der Waals surface area contributed by atoms with E-state index in [1.165, 1.54) is 0 Å². The Morgan fingerprint density at radius 2 is 2.37 bits per heavy atom. The van der Waals surface area contributed by atoms with E-state index in [9.17, 15) is 13.2 Å². The van der Waals surface area contributed by atoms with Crippen molar-refractivity contribution < 1.29 is 13.2 Å². The summed E-state index contributed by atoms with van der Waals surface area (Å²) in [6.45, 7) is 2.97. The predicted octanol–water partition coefficient (Wildman–Crippen LogP) is -0.417. The second kappa shape index (κ2) is 5.30. The molecule has 0 radical (unpaired) electrons. The molecular weight excluding hydrogens is 268 g/mol. The highest BCUT2D eigenvalue weighted by Crippen LogP contribution is 2.24. The van der Waals surface area contributed by atoms with Gasteiger partial charge in [0.25, 0.3) is 0 Å². The smallest absolute Gasteiger partial charge is 0.237 e. The van der Waals surface area contributed by atoms with Crippen LogP contribution in [0.5, 0.6) is 0 Å². The van der Waals surface area contributed by atoms with Crippen LogP contribution in [0.4, 0.5) is 0 Å². The number of hydrogen-bond donors (Lipinski definition) is 2. The molecule has 0 spiro atoms. The summed E-state index contributed by atoms with van der Waals surface area (Å²) in [4.78, 5) is 21.0. The molecule has 7 nitrogen and oxygen atoms in total. The Bertz CT molecular complexity index is 566. The molecule has 8 heteroatoms. The van der Waals surface area contributed by atoms with Gasteiger partial charge < -0.3 is 9.88 Å². The number of H-pyrrole nitrogens is 1. The van der Waals surface area contributed by atoms with Crippen LogP contribution in [0.2, 0.25) is 0 Å². The van der Waals surface area contributed by atoms with E-state index >= 15 is 0 Å².